The molecule has 0 aliphatic heterocycles. The lowest BCUT2D eigenvalue weighted by Crippen LogP contribution is -2.30. The molecular weight excluding hydrogens is 424 g/mol. The zero-order chi connectivity index (χ0) is 21.3. The van der Waals surface area contributed by atoms with E-state index in [1.54, 1.807) is 31.4 Å². The van der Waals surface area contributed by atoms with Gasteiger partial charge in [0, 0.05) is 16.3 Å². The number of rotatable bonds is 5. The predicted octanol–water partition coefficient (Wildman–Crippen LogP) is 4.13. The zero-order valence-electron chi connectivity index (χ0n) is 16.2. The molecule has 0 bridgehead atoms. The number of nitrogens with one attached hydrogen (secondary N) is 1. The van der Waals surface area contributed by atoms with Crippen molar-refractivity contribution in [2.45, 2.75) is 13.5 Å². The average Bonchev–Trinajstić information content (AvgIpc) is 3.12. The number of hydrogen-bond acceptors (Lipinski definition) is 6. The molecule has 0 aliphatic carbocycles. The Bertz CT molecular complexity index is 1320. The lowest BCUT2D eigenvalue weighted by molar-refractivity contribution is -0.117. The fourth-order valence-corrected chi connectivity index (χ4v) is 4.14. The molecule has 0 radical (unpaired) electrons. The molecule has 4 aromatic rings. The van der Waals surface area contributed by atoms with Crippen LogP contribution in [0.25, 0.3) is 21.5 Å². The van der Waals surface area contributed by atoms with Crippen molar-refractivity contribution in [2.24, 2.45) is 0 Å². The molecule has 30 heavy (non-hydrogen) atoms. The SMILES string of the molecule is COc1cccc(-c2nn(CC(=O)Nc3cccc(Cl)c3)c(=O)c3nc(C)sc23)c1. The molecule has 0 fully saturated rings. The lowest BCUT2D eigenvalue weighted by Gasteiger charge is -2.10. The van der Waals surface area contributed by atoms with Crippen molar-refractivity contribution < 1.29 is 9.53 Å². The molecule has 0 saturated carbocycles. The van der Waals surface area contributed by atoms with Crippen LogP contribution in [-0.4, -0.2) is 27.8 Å². The topological polar surface area (TPSA) is 86.1 Å². The molecule has 0 unspecified atom stereocenters. The van der Waals surface area contributed by atoms with Crippen molar-refractivity contribution in [1.82, 2.24) is 14.8 Å². The molecule has 4 rings (SSSR count). The van der Waals surface area contributed by atoms with E-state index in [0.29, 0.717) is 32.4 Å². The van der Waals surface area contributed by atoms with Crippen molar-refractivity contribution in [2.75, 3.05) is 12.4 Å². The summed E-state index contributed by atoms with van der Waals surface area (Å²) in [6, 6.07) is 14.2. The van der Waals surface area contributed by atoms with Crippen LogP contribution in [0, 0.1) is 6.92 Å². The van der Waals surface area contributed by atoms with E-state index in [0.717, 1.165) is 15.3 Å². The quantitative estimate of drug-likeness (QED) is 0.504. The summed E-state index contributed by atoms with van der Waals surface area (Å²) in [6.07, 6.45) is 0. The summed E-state index contributed by atoms with van der Waals surface area (Å²) in [5.74, 6) is 0.273. The van der Waals surface area contributed by atoms with Crippen LogP contribution in [-0.2, 0) is 11.3 Å². The molecule has 1 amide bonds. The number of ether oxygens (including phenoxy) is 1. The summed E-state index contributed by atoms with van der Waals surface area (Å²) < 4.78 is 7.12. The number of thiazole rings is 1. The largest absolute Gasteiger partial charge is 0.497 e. The summed E-state index contributed by atoms with van der Waals surface area (Å²) >= 11 is 7.35. The molecule has 0 saturated heterocycles. The van der Waals surface area contributed by atoms with Crippen LogP contribution in [0.5, 0.6) is 5.75 Å². The van der Waals surface area contributed by atoms with Gasteiger partial charge in [-0.05, 0) is 37.3 Å². The van der Waals surface area contributed by atoms with Crippen molar-refractivity contribution in [3.63, 3.8) is 0 Å². The minimum Gasteiger partial charge on any atom is -0.497 e. The molecule has 2 heterocycles. The van der Waals surface area contributed by atoms with Crippen molar-refractivity contribution in [1.29, 1.82) is 0 Å². The summed E-state index contributed by atoms with van der Waals surface area (Å²) in [5, 5.41) is 8.47. The van der Waals surface area contributed by atoms with E-state index in [2.05, 4.69) is 15.4 Å². The Morgan fingerprint density at radius 1 is 1.23 bits per heavy atom. The van der Waals surface area contributed by atoms with Gasteiger partial charge in [-0.1, -0.05) is 29.8 Å². The van der Waals surface area contributed by atoms with Gasteiger partial charge in [0.2, 0.25) is 5.91 Å². The fourth-order valence-electron chi connectivity index (χ4n) is 3.04. The number of anilines is 1. The fraction of sp³-hybridized carbons (Fsp3) is 0.143. The van der Waals surface area contributed by atoms with Gasteiger partial charge in [-0.2, -0.15) is 5.10 Å². The third-order valence-corrected chi connectivity index (χ3v) is 5.56. The zero-order valence-corrected chi connectivity index (χ0v) is 17.8. The van der Waals surface area contributed by atoms with E-state index in [9.17, 15) is 9.59 Å². The van der Waals surface area contributed by atoms with Crippen LogP contribution in [0.15, 0.2) is 53.3 Å². The molecule has 1 N–H and O–H groups in total. The first-order valence-electron chi connectivity index (χ1n) is 9.02. The van der Waals surface area contributed by atoms with Gasteiger partial charge < -0.3 is 10.1 Å². The maximum atomic E-state index is 12.9. The number of fused-ring (bicyclic) bond motifs is 1. The molecule has 0 spiro atoms. The molecule has 2 aromatic heterocycles. The van der Waals surface area contributed by atoms with Crippen LogP contribution >= 0.6 is 22.9 Å². The second-order valence-corrected chi connectivity index (χ2v) is 8.15. The number of halogens is 1. The average molecular weight is 441 g/mol. The van der Waals surface area contributed by atoms with E-state index in [1.807, 2.05) is 31.2 Å². The molecule has 0 aliphatic rings. The number of aromatic nitrogens is 3. The molecule has 9 heteroatoms. The second-order valence-electron chi connectivity index (χ2n) is 6.51. The number of hydrogen-bond donors (Lipinski definition) is 1. The highest BCUT2D eigenvalue weighted by Gasteiger charge is 2.18. The Labute approximate surface area is 180 Å². The number of carbonyl (C=O) groups excluding carboxylic acids is 1. The highest BCUT2D eigenvalue weighted by atomic mass is 35.5. The smallest absolute Gasteiger partial charge is 0.294 e. The first kappa shape index (κ1) is 20.1. The van der Waals surface area contributed by atoms with Gasteiger partial charge in [-0.15, -0.1) is 11.3 Å². The number of carbonyl (C=O) groups is 1. The summed E-state index contributed by atoms with van der Waals surface area (Å²) in [7, 11) is 1.58. The van der Waals surface area contributed by atoms with E-state index in [1.165, 1.54) is 11.3 Å². The highest BCUT2D eigenvalue weighted by molar-refractivity contribution is 7.19. The third kappa shape index (κ3) is 4.05. The van der Waals surface area contributed by atoms with Gasteiger partial charge in [0.15, 0.2) is 5.52 Å². The van der Waals surface area contributed by atoms with Crippen LogP contribution in [0.2, 0.25) is 5.02 Å². The Kier molecular flexibility index (Phi) is 5.52. The van der Waals surface area contributed by atoms with E-state index >= 15 is 0 Å². The minimum absolute atomic E-state index is 0.255. The second kappa shape index (κ2) is 8.25. The van der Waals surface area contributed by atoms with Gasteiger partial charge in [0.25, 0.3) is 5.56 Å². The van der Waals surface area contributed by atoms with Crippen LogP contribution in [0.1, 0.15) is 5.01 Å². The normalized spacial score (nSPS) is 10.9. The summed E-state index contributed by atoms with van der Waals surface area (Å²) in [5.41, 5.74) is 1.76. The van der Waals surface area contributed by atoms with Crippen LogP contribution in [0.3, 0.4) is 0 Å². The number of benzene rings is 2. The lowest BCUT2D eigenvalue weighted by atomic mass is 10.1. The number of methoxy groups -OCH3 is 1. The Hall–Kier alpha value is -3.23. The van der Waals surface area contributed by atoms with Gasteiger partial charge in [0.1, 0.15) is 18.0 Å². The van der Waals surface area contributed by atoms with E-state index < -0.39 is 11.5 Å². The Balaban J connectivity index is 1.75. The number of amides is 1. The van der Waals surface area contributed by atoms with Gasteiger partial charge in [-0.25, -0.2) is 9.67 Å². The highest BCUT2D eigenvalue weighted by Crippen LogP contribution is 2.31. The van der Waals surface area contributed by atoms with E-state index in [-0.39, 0.29) is 6.54 Å². The van der Waals surface area contributed by atoms with Gasteiger partial charge >= 0.3 is 0 Å². The van der Waals surface area contributed by atoms with Crippen molar-refractivity contribution >= 4 is 44.7 Å². The summed E-state index contributed by atoms with van der Waals surface area (Å²) in [6.45, 7) is 1.57. The number of nitrogens with zero attached hydrogens (tertiary/aromatic N) is 3. The molecule has 152 valence electrons. The molecule has 0 atom stereocenters. The first-order valence-corrected chi connectivity index (χ1v) is 10.2. The third-order valence-electron chi connectivity index (χ3n) is 4.35. The monoisotopic (exact) mass is 440 g/mol. The Morgan fingerprint density at radius 3 is 2.80 bits per heavy atom. The van der Waals surface area contributed by atoms with Crippen molar-refractivity contribution in [3.8, 4) is 17.0 Å². The molecule has 7 nitrogen and oxygen atoms in total. The van der Waals surface area contributed by atoms with E-state index in [4.69, 9.17) is 16.3 Å². The predicted molar refractivity (Wildman–Crippen MR) is 118 cm³/mol. The summed E-state index contributed by atoms with van der Waals surface area (Å²) in [4.78, 5) is 29.8. The number of aryl methyl sites for hydroxylation is 1. The van der Waals surface area contributed by atoms with Crippen LogP contribution in [0.4, 0.5) is 5.69 Å². The van der Waals surface area contributed by atoms with Gasteiger partial charge in [-0.3, -0.25) is 9.59 Å². The van der Waals surface area contributed by atoms with Crippen molar-refractivity contribution in [3.05, 3.63) is 68.9 Å². The van der Waals surface area contributed by atoms with Crippen LogP contribution < -0.4 is 15.6 Å². The van der Waals surface area contributed by atoms with Gasteiger partial charge in [0.05, 0.1) is 16.8 Å². The first-order chi connectivity index (χ1) is 14.4. The molecular formula is C21H17ClN4O3S. The maximum Gasteiger partial charge on any atom is 0.294 e. The minimum atomic E-state index is -0.415. The molecule has 2 aromatic carbocycles. The standard InChI is InChI=1S/C21H17ClN4O3S/c1-12-23-19-20(30-12)18(13-5-3-8-16(9-13)29-2)25-26(21(19)28)11-17(27)24-15-7-4-6-14(22)10-15/h3-10H,11H2,1-2H3,(H,24,27). The Morgan fingerprint density at radius 2 is 2.03 bits per heavy atom. The maximum absolute atomic E-state index is 12.9.